The van der Waals surface area contributed by atoms with Crippen LogP contribution in [-0.2, 0) is 0 Å². The first-order chi connectivity index (χ1) is 9.15. The number of thiophene rings is 1. The van der Waals surface area contributed by atoms with Crippen molar-refractivity contribution in [3.8, 4) is 0 Å². The molecule has 0 spiro atoms. The van der Waals surface area contributed by atoms with Crippen LogP contribution in [0, 0.1) is 0 Å². The number of benzene rings is 1. The van der Waals surface area contributed by atoms with Crippen LogP contribution in [0.4, 0.5) is 5.69 Å². The molecule has 0 saturated heterocycles. The molecule has 1 amide bonds. The molecule has 2 aromatic rings. The highest BCUT2D eigenvalue weighted by molar-refractivity contribution is 9.10. The number of hydrogen-bond donors (Lipinski definition) is 3. The Bertz CT molecular complexity index is 586. The van der Waals surface area contributed by atoms with E-state index >= 15 is 0 Å². The van der Waals surface area contributed by atoms with Crippen molar-refractivity contribution in [2.45, 2.75) is 0 Å². The minimum absolute atomic E-state index is 0.214. The van der Waals surface area contributed by atoms with Gasteiger partial charge in [-0.05, 0) is 41.9 Å². The number of amides is 1. The molecule has 1 heterocycles. The largest absolute Gasteiger partial charge is 0.331 e. The van der Waals surface area contributed by atoms with Gasteiger partial charge in [0.15, 0.2) is 5.11 Å². The number of halogens is 1. The van der Waals surface area contributed by atoms with Gasteiger partial charge in [-0.3, -0.25) is 15.6 Å². The molecule has 0 aliphatic carbocycles. The first kappa shape index (κ1) is 14.0. The topological polar surface area (TPSA) is 53.2 Å². The summed E-state index contributed by atoms with van der Waals surface area (Å²) in [5.41, 5.74) is 6.01. The van der Waals surface area contributed by atoms with E-state index in [4.69, 9.17) is 12.2 Å². The second kappa shape index (κ2) is 6.65. The van der Waals surface area contributed by atoms with Crippen LogP contribution in [0.2, 0.25) is 0 Å². The van der Waals surface area contributed by atoms with Gasteiger partial charge < -0.3 is 5.32 Å². The number of carbonyl (C=O) groups is 1. The number of hydrazine groups is 1. The molecule has 0 fully saturated rings. The Hall–Kier alpha value is -1.44. The molecule has 0 aliphatic heterocycles. The second-order valence-electron chi connectivity index (χ2n) is 3.52. The van der Waals surface area contributed by atoms with Crippen LogP contribution in [0.1, 0.15) is 9.67 Å². The van der Waals surface area contributed by atoms with Gasteiger partial charge in [0.2, 0.25) is 0 Å². The highest BCUT2D eigenvalue weighted by atomic mass is 79.9. The second-order valence-corrected chi connectivity index (χ2v) is 5.79. The average molecular weight is 356 g/mol. The molecule has 1 aromatic carbocycles. The van der Waals surface area contributed by atoms with E-state index in [0.29, 0.717) is 9.99 Å². The molecular formula is C12H10BrN3OS2. The number of rotatable bonds is 2. The molecule has 0 saturated carbocycles. The lowest BCUT2D eigenvalue weighted by molar-refractivity contribution is 0.0948. The van der Waals surface area contributed by atoms with Gasteiger partial charge >= 0.3 is 0 Å². The molecule has 3 N–H and O–H groups in total. The van der Waals surface area contributed by atoms with E-state index in [0.717, 1.165) is 10.2 Å². The van der Waals surface area contributed by atoms with E-state index in [1.54, 1.807) is 6.07 Å². The number of hydrogen-bond acceptors (Lipinski definition) is 3. The zero-order valence-corrected chi connectivity index (χ0v) is 12.9. The van der Waals surface area contributed by atoms with Gasteiger partial charge in [0.25, 0.3) is 5.91 Å². The maximum atomic E-state index is 11.7. The summed E-state index contributed by atoms with van der Waals surface area (Å²) in [6, 6.07) is 11.1. The van der Waals surface area contributed by atoms with E-state index in [1.165, 1.54) is 11.3 Å². The maximum Gasteiger partial charge on any atom is 0.279 e. The van der Waals surface area contributed by atoms with E-state index in [-0.39, 0.29) is 5.91 Å². The summed E-state index contributed by atoms with van der Waals surface area (Å²) >= 11 is 9.81. The van der Waals surface area contributed by atoms with E-state index in [9.17, 15) is 4.79 Å². The van der Waals surface area contributed by atoms with Crippen LogP contribution in [0.3, 0.4) is 0 Å². The molecule has 98 valence electrons. The van der Waals surface area contributed by atoms with Crippen molar-refractivity contribution in [1.82, 2.24) is 10.9 Å². The standard InChI is InChI=1S/C12H10BrN3OS2/c13-8-3-1-4-9(7-8)14-12(18)16-15-11(17)10-5-2-6-19-10/h1-7H,(H,15,17)(H2,14,16,18). The molecule has 1 aromatic heterocycles. The van der Waals surface area contributed by atoms with Crippen molar-refractivity contribution in [3.05, 3.63) is 51.1 Å². The van der Waals surface area contributed by atoms with Crippen LogP contribution in [0.5, 0.6) is 0 Å². The van der Waals surface area contributed by atoms with E-state index in [2.05, 4.69) is 32.1 Å². The van der Waals surface area contributed by atoms with Crippen LogP contribution in [-0.4, -0.2) is 11.0 Å². The fraction of sp³-hybridized carbons (Fsp3) is 0. The van der Waals surface area contributed by atoms with Crippen molar-refractivity contribution in [2.24, 2.45) is 0 Å². The van der Waals surface area contributed by atoms with Gasteiger partial charge in [0, 0.05) is 10.2 Å². The number of nitrogens with one attached hydrogen (secondary N) is 3. The fourth-order valence-corrected chi connectivity index (χ4v) is 2.50. The Kier molecular flexibility index (Phi) is 4.89. The third-order valence-corrected chi connectivity index (χ3v) is 3.68. The van der Waals surface area contributed by atoms with Crippen molar-refractivity contribution >= 4 is 56.2 Å². The summed E-state index contributed by atoms with van der Waals surface area (Å²) in [4.78, 5) is 12.3. The zero-order valence-electron chi connectivity index (χ0n) is 9.64. The Balaban J connectivity index is 1.83. The number of thiocarbonyl (C=S) groups is 1. The lowest BCUT2D eigenvalue weighted by Gasteiger charge is -2.11. The molecule has 7 heteroatoms. The molecule has 0 radical (unpaired) electrons. The Labute approximate surface area is 128 Å². The summed E-state index contributed by atoms with van der Waals surface area (Å²) in [6.45, 7) is 0. The minimum atomic E-state index is -0.214. The van der Waals surface area contributed by atoms with Crippen LogP contribution < -0.4 is 16.2 Å². The highest BCUT2D eigenvalue weighted by Crippen LogP contribution is 2.15. The summed E-state index contributed by atoms with van der Waals surface area (Å²) in [6.07, 6.45) is 0. The monoisotopic (exact) mass is 355 g/mol. The molecule has 4 nitrogen and oxygen atoms in total. The Morgan fingerprint density at radius 2 is 2.05 bits per heavy atom. The van der Waals surface area contributed by atoms with Gasteiger partial charge in [-0.15, -0.1) is 11.3 Å². The first-order valence-corrected chi connectivity index (χ1v) is 7.39. The summed E-state index contributed by atoms with van der Waals surface area (Å²) in [5, 5.41) is 5.12. The number of anilines is 1. The van der Waals surface area contributed by atoms with Crippen LogP contribution in [0.25, 0.3) is 0 Å². The SMILES string of the molecule is O=C(NNC(=S)Nc1cccc(Br)c1)c1cccs1. The average Bonchev–Trinajstić information content (AvgIpc) is 2.90. The van der Waals surface area contributed by atoms with Gasteiger partial charge in [-0.1, -0.05) is 28.1 Å². The molecule has 0 aliphatic rings. The van der Waals surface area contributed by atoms with Crippen molar-refractivity contribution in [2.75, 3.05) is 5.32 Å². The van der Waals surface area contributed by atoms with Gasteiger partial charge in [-0.25, -0.2) is 0 Å². The van der Waals surface area contributed by atoms with Gasteiger partial charge in [0.1, 0.15) is 0 Å². The molecule has 2 rings (SSSR count). The predicted molar refractivity (Wildman–Crippen MR) is 85.3 cm³/mol. The predicted octanol–water partition coefficient (Wildman–Crippen LogP) is 3.14. The molecule has 0 unspecified atom stereocenters. The maximum absolute atomic E-state index is 11.7. The van der Waals surface area contributed by atoms with Gasteiger partial charge in [0.05, 0.1) is 4.88 Å². The lowest BCUT2D eigenvalue weighted by Crippen LogP contribution is -2.43. The summed E-state index contributed by atoms with van der Waals surface area (Å²) in [7, 11) is 0. The lowest BCUT2D eigenvalue weighted by atomic mass is 10.3. The van der Waals surface area contributed by atoms with E-state index in [1.807, 2.05) is 35.7 Å². The molecule has 19 heavy (non-hydrogen) atoms. The smallest absolute Gasteiger partial charge is 0.279 e. The van der Waals surface area contributed by atoms with Crippen molar-refractivity contribution in [1.29, 1.82) is 0 Å². The van der Waals surface area contributed by atoms with Crippen molar-refractivity contribution in [3.63, 3.8) is 0 Å². The molecule has 0 atom stereocenters. The number of carbonyl (C=O) groups excluding carboxylic acids is 1. The summed E-state index contributed by atoms with van der Waals surface area (Å²) in [5.74, 6) is -0.214. The summed E-state index contributed by atoms with van der Waals surface area (Å²) < 4.78 is 0.947. The zero-order chi connectivity index (χ0) is 13.7. The van der Waals surface area contributed by atoms with Crippen LogP contribution >= 0.6 is 39.5 Å². The quantitative estimate of drug-likeness (QED) is 0.572. The normalized spacial score (nSPS) is 9.74. The Morgan fingerprint density at radius 3 is 2.74 bits per heavy atom. The van der Waals surface area contributed by atoms with Crippen LogP contribution in [0.15, 0.2) is 46.3 Å². The third kappa shape index (κ3) is 4.30. The fourth-order valence-electron chi connectivity index (χ4n) is 1.31. The van der Waals surface area contributed by atoms with Gasteiger partial charge in [-0.2, -0.15) is 0 Å². The first-order valence-electron chi connectivity index (χ1n) is 5.31. The highest BCUT2D eigenvalue weighted by Gasteiger charge is 2.06. The third-order valence-electron chi connectivity index (χ3n) is 2.12. The molecular weight excluding hydrogens is 346 g/mol. The Morgan fingerprint density at radius 1 is 1.21 bits per heavy atom. The minimum Gasteiger partial charge on any atom is -0.331 e. The van der Waals surface area contributed by atoms with E-state index < -0.39 is 0 Å². The van der Waals surface area contributed by atoms with Crippen molar-refractivity contribution < 1.29 is 4.79 Å². The molecule has 0 bridgehead atoms.